The molecule has 5 amide bonds. The van der Waals surface area contributed by atoms with Crippen LogP contribution in [0.4, 0.5) is 5.69 Å². The first-order valence-electron chi connectivity index (χ1n) is 27.1. The Labute approximate surface area is 465 Å². The number of unbranched alkanes of at least 4 members (excludes halogenated alkanes) is 2. The molecule has 20 heteroatoms. The van der Waals surface area contributed by atoms with Crippen molar-refractivity contribution < 1.29 is 29.1 Å². The fourth-order valence-electron chi connectivity index (χ4n) is 10.6. The molecule has 1 atom stereocenters. The number of halogens is 2. The number of aliphatic hydroxyl groups is 1. The minimum Gasteiger partial charge on any atom is -0.387 e. The van der Waals surface area contributed by atoms with E-state index in [0.717, 1.165) is 76.9 Å². The van der Waals surface area contributed by atoms with Crippen LogP contribution in [0.3, 0.4) is 0 Å². The van der Waals surface area contributed by atoms with Crippen molar-refractivity contribution >= 4 is 76.2 Å². The van der Waals surface area contributed by atoms with Crippen LogP contribution in [0.25, 0.3) is 33.4 Å². The number of aromatic amines is 1. The number of benzene rings is 3. The Kier molecular flexibility index (Phi) is 19.9. The molecule has 5 heterocycles. The predicted molar refractivity (Wildman–Crippen MR) is 304 cm³/mol. The van der Waals surface area contributed by atoms with Crippen LogP contribution in [-0.2, 0) is 63.5 Å². The lowest BCUT2D eigenvalue weighted by atomic mass is 9.76. The van der Waals surface area contributed by atoms with Crippen molar-refractivity contribution in [2.45, 2.75) is 110 Å². The number of hydrogen-bond acceptors (Lipinski definition) is 10. The Balaban J connectivity index is 0.702. The summed E-state index contributed by atoms with van der Waals surface area (Å²) >= 11 is 13.2. The highest BCUT2D eigenvalue weighted by Gasteiger charge is 2.35. The summed E-state index contributed by atoms with van der Waals surface area (Å²) in [7, 11) is 1.91. The van der Waals surface area contributed by atoms with Crippen LogP contribution in [0, 0.1) is 5.41 Å². The van der Waals surface area contributed by atoms with E-state index in [1.165, 1.54) is 11.9 Å². The quantitative estimate of drug-likeness (QED) is 0.0135. The van der Waals surface area contributed by atoms with E-state index in [2.05, 4.69) is 76.5 Å². The number of aromatic nitrogens is 5. The first-order valence-corrected chi connectivity index (χ1v) is 27.9. The highest BCUT2D eigenvalue weighted by atomic mass is 35.5. The first-order chi connectivity index (χ1) is 37.7. The summed E-state index contributed by atoms with van der Waals surface area (Å²) in [6.45, 7) is 8.86. The molecule has 2 aliphatic heterocycles. The molecule has 6 aromatic rings. The lowest BCUT2D eigenvalue weighted by Crippen LogP contribution is -2.43. The van der Waals surface area contributed by atoms with Crippen molar-refractivity contribution in [1.82, 2.24) is 55.6 Å². The Morgan fingerprint density at radius 2 is 1.62 bits per heavy atom. The maximum Gasteiger partial charge on any atom is 0.248 e. The van der Waals surface area contributed by atoms with Gasteiger partial charge in [0.05, 0.1) is 45.5 Å². The fourth-order valence-corrected chi connectivity index (χ4v) is 11.0. The van der Waals surface area contributed by atoms with Gasteiger partial charge < -0.3 is 41.2 Å². The van der Waals surface area contributed by atoms with Gasteiger partial charge in [0.2, 0.25) is 30.0 Å². The molecule has 1 fully saturated rings. The van der Waals surface area contributed by atoms with Crippen molar-refractivity contribution in [3.8, 4) is 22.5 Å². The average Bonchev–Trinajstić information content (AvgIpc) is 4.31. The van der Waals surface area contributed by atoms with E-state index in [0.29, 0.717) is 131 Å². The van der Waals surface area contributed by atoms with E-state index >= 15 is 0 Å². The van der Waals surface area contributed by atoms with E-state index in [1.54, 1.807) is 15.6 Å². The number of carbonyl (C=O) groups excluding carboxylic acids is 5. The number of nitrogens with one attached hydrogen (secondary N) is 5. The number of H-pyrrole nitrogens is 1. The van der Waals surface area contributed by atoms with E-state index in [9.17, 15) is 29.1 Å². The van der Waals surface area contributed by atoms with Crippen molar-refractivity contribution in [2.24, 2.45) is 17.5 Å². The summed E-state index contributed by atoms with van der Waals surface area (Å²) < 4.78 is 3.62. The summed E-state index contributed by atoms with van der Waals surface area (Å²) in [5.41, 5.74) is 9.62. The van der Waals surface area contributed by atoms with E-state index in [-0.39, 0.29) is 35.0 Å². The monoisotopic (exact) mass is 1100 g/mol. The highest BCUT2D eigenvalue weighted by Crippen LogP contribution is 2.43. The molecule has 0 saturated carbocycles. The lowest BCUT2D eigenvalue weighted by molar-refractivity contribution is -0.135. The van der Waals surface area contributed by atoms with Gasteiger partial charge in [-0.15, -0.1) is 0 Å². The van der Waals surface area contributed by atoms with Gasteiger partial charge in [-0.1, -0.05) is 98.1 Å². The maximum atomic E-state index is 13.3. The highest BCUT2D eigenvalue weighted by molar-refractivity contribution is 6.45. The van der Waals surface area contributed by atoms with Crippen LogP contribution in [0.15, 0.2) is 77.9 Å². The second kappa shape index (κ2) is 27.1. The summed E-state index contributed by atoms with van der Waals surface area (Å²) in [5, 5.41) is 32.8. The molecule has 78 heavy (non-hydrogen) atoms. The van der Waals surface area contributed by atoms with Gasteiger partial charge in [-0.3, -0.25) is 33.3 Å². The zero-order chi connectivity index (χ0) is 55.2. The van der Waals surface area contributed by atoms with Crippen LogP contribution in [0.5, 0.6) is 0 Å². The standard InChI is InChI=1S/C58H72Cl2N12O6/c1-39(41-11-6-4-7-12-41)31-51(77)70-28-21-58(2,22-29-70)33-48-55(65-37-62-38-74)57(69(3)67-48)42-17-15-40(16-18-42)34-61-23-10-24-63-49(75)13-8-5-9-14-50(76)64-25-30-72-27-20-47(68-72)43-32-45(59)54(60)56-53(43)44-35-71(52(78)36-73)26-19-46(44)66-56/h4,6-7,11-12,15-18,20,27,32,37-39,61,66,73H,5,8-10,13-14,19,21-26,28-31,33-36H2,1-3H3,(H,63,75)(H,64,76)(H,62,65,74). The zero-order valence-corrected chi connectivity index (χ0v) is 46.4. The molecule has 0 aliphatic carbocycles. The summed E-state index contributed by atoms with van der Waals surface area (Å²) in [5.74, 6) is -0.0284. The van der Waals surface area contributed by atoms with Gasteiger partial charge in [-0.25, -0.2) is 4.99 Å². The molecular weight excluding hydrogens is 1030 g/mol. The largest absolute Gasteiger partial charge is 0.387 e. The van der Waals surface area contributed by atoms with Gasteiger partial charge in [0.1, 0.15) is 12.3 Å². The Hall–Kier alpha value is -6.86. The Morgan fingerprint density at radius 3 is 2.33 bits per heavy atom. The number of hydrogen-bond donors (Lipinski definition) is 6. The van der Waals surface area contributed by atoms with Gasteiger partial charge in [0.15, 0.2) is 0 Å². The zero-order valence-electron chi connectivity index (χ0n) is 44.9. The van der Waals surface area contributed by atoms with Crippen molar-refractivity contribution in [2.75, 3.05) is 45.9 Å². The van der Waals surface area contributed by atoms with Gasteiger partial charge in [-0.2, -0.15) is 10.2 Å². The normalized spacial score (nSPS) is 14.6. The number of fused-ring (bicyclic) bond motifs is 3. The number of nitrogens with zero attached hydrogens (tertiary/aromatic N) is 7. The van der Waals surface area contributed by atoms with Crippen molar-refractivity contribution in [3.63, 3.8) is 0 Å². The number of amides is 5. The number of aliphatic imine (C=N–C) groups is 1. The van der Waals surface area contributed by atoms with Crippen LogP contribution in [-0.4, -0.2) is 122 Å². The first kappa shape index (κ1) is 57.3. The third kappa shape index (κ3) is 14.6. The minimum atomic E-state index is -0.551. The van der Waals surface area contributed by atoms with Gasteiger partial charge in [0.25, 0.3) is 0 Å². The molecule has 3 aromatic carbocycles. The molecule has 0 spiro atoms. The summed E-state index contributed by atoms with van der Waals surface area (Å²) in [6, 6.07) is 22.1. The topological polar surface area (TPSA) is 224 Å². The van der Waals surface area contributed by atoms with Gasteiger partial charge in [-0.05, 0) is 79.7 Å². The van der Waals surface area contributed by atoms with Crippen LogP contribution in [0.2, 0.25) is 10.0 Å². The molecule has 0 bridgehead atoms. The number of likely N-dealkylation sites (tertiary alicyclic amines) is 1. The summed E-state index contributed by atoms with van der Waals surface area (Å²) in [6.07, 6.45) is 11.0. The number of carbonyl (C=O) groups is 5. The SMILES string of the molecule is CC(CC(=O)N1CCC(C)(Cc2nn(C)c(-c3ccc(CNCCCNC(=O)CCCCCC(=O)NCCn4ccc(-c5cc(Cl)c(Cl)c6[nH]c7c(c56)CN(C(=O)CO)CC7)n4)cc3)c2N=CNC=O)CC1)c1ccccc1. The van der Waals surface area contributed by atoms with Crippen LogP contribution < -0.4 is 21.3 Å². The smallest absolute Gasteiger partial charge is 0.248 e. The molecule has 2 aliphatic rings. The third-order valence-electron chi connectivity index (χ3n) is 15.1. The molecule has 414 valence electrons. The molecule has 3 aromatic heterocycles. The Morgan fingerprint density at radius 1 is 0.885 bits per heavy atom. The van der Waals surface area contributed by atoms with E-state index < -0.39 is 6.61 Å². The molecular formula is C58H72Cl2N12O6. The van der Waals surface area contributed by atoms with Crippen molar-refractivity contribution in [1.29, 1.82) is 0 Å². The van der Waals surface area contributed by atoms with Gasteiger partial charge in [0, 0.05) is 113 Å². The maximum absolute atomic E-state index is 13.3. The lowest BCUT2D eigenvalue weighted by Gasteiger charge is -2.39. The minimum absolute atomic E-state index is 0.00481. The predicted octanol–water partition coefficient (Wildman–Crippen LogP) is 7.75. The Bertz CT molecular complexity index is 3070. The number of piperidine rings is 1. The molecule has 1 unspecified atom stereocenters. The van der Waals surface area contributed by atoms with E-state index in [1.807, 2.05) is 47.1 Å². The van der Waals surface area contributed by atoms with Crippen LogP contribution in [0.1, 0.15) is 106 Å². The van der Waals surface area contributed by atoms with Crippen molar-refractivity contribution in [3.05, 3.63) is 111 Å². The fraction of sp³-hybridized carbons (Fsp3) is 0.448. The number of rotatable bonds is 26. The third-order valence-corrected chi connectivity index (χ3v) is 15.9. The number of aliphatic hydroxyl groups excluding tert-OH is 1. The molecule has 6 N–H and O–H groups in total. The van der Waals surface area contributed by atoms with Gasteiger partial charge >= 0.3 is 0 Å². The molecule has 18 nitrogen and oxygen atoms in total. The molecule has 8 rings (SSSR count). The average molecular weight is 1100 g/mol. The summed E-state index contributed by atoms with van der Waals surface area (Å²) in [4.78, 5) is 73.7. The molecule has 0 radical (unpaired) electrons. The second-order valence-corrected chi connectivity index (χ2v) is 21.7. The second-order valence-electron chi connectivity index (χ2n) is 20.9. The van der Waals surface area contributed by atoms with Crippen LogP contribution >= 0.6 is 23.2 Å². The number of aryl methyl sites for hydroxylation is 1. The molecule has 1 saturated heterocycles. The van der Waals surface area contributed by atoms with E-state index in [4.69, 9.17) is 38.4 Å².